The zero-order valence-electron chi connectivity index (χ0n) is 24.8. The summed E-state index contributed by atoms with van der Waals surface area (Å²) >= 11 is 0. The van der Waals surface area contributed by atoms with E-state index in [9.17, 15) is 15.3 Å². The molecule has 2 aliphatic rings. The van der Waals surface area contributed by atoms with Crippen LogP contribution in [0.3, 0.4) is 0 Å². The van der Waals surface area contributed by atoms with Crippen molar-refractivity contribution in [3.63, 3.8) is 0 Å². The molecule has 8 nitrogen and oxygen atoms in total. The molecule has 3 aromatic carbocycles. The van der Waals surface area contributed by atoms with Crippen LogP contribution in [0.2, 0.25) is 0 Å². The minimum atomic E-state index is -0.404. The summed E-state index contributed by atoms with van der Waals surface area (Å²) < 4.78 is 11.2. The Hall–Kier alpha value is -4.53. The van der Waals surface area contributed by atoms with Crippen LogP contribution < -0.4 is 9.47 Å². The van der Waals surface area contributed by atoms with Crippen molar-refractivity contribution in [2.45, 2.75) is 49.9 Å². The summed E-state index contributed by atoms with van der Waals surface area (Å²) in [6.45, 7) is 1.23. The van der Waals surface area contributed by atoms with E-state index in [1.54, 1.807) is 44.6 Å². The minimum absolute atomic E-state index is 0.0686. The van der Waals surface area contributed by atoms with E-state index >= 15 is 0 Å². The Labute approximate surface area is 248 Å². The van der Waals surface area contributed by atoms with Crippen LogP contribution in [0.15, 0.2) is 66.7 Å². The number of benzene rings is 3. The second-order valence-electron chi connectivity index (χ2n) is 11.5. The van der Waals surface area contributed by atoms with Crippen molar-refractivity contribution in [3.05, 3.63) is 94.5 Å². The standard InChI is InChI=1S/C34H37N5O3/c1-37(2)34(29-8-6-5-7-9-29)16-14-33(15-17-34)24-38(22-27-18-25(20-35)10-12-30(27)41-3)32(40)39(33)23-28-19-26(21-36)11-13-31(28)42-4/h5-13,18-19H,14-17,22-24H2,1-4H3. The second-order valence-corrected chi connectivity index (χ2v) is 11.5. The first kappa shape index (κ1) is 29.0. The smallest absolute Gasteiger partial charge is 0.321 e. The van der Waals surface area contributed by atoms with E-state index in [4.69, 9.17) is 9.47 Å². The van der Waals surface area contributed by atoms with Gasteiger partial charge in [-0.1, -0.05) is 30.3 Å². The van der Waals surface area contributed by atoms with Gasteiger partial charge >= 0.3 is 6.03 Å². The van der Waals surface area contributed by atoms with Crippen LogP contribution in [0.1, 0.15) is 53.5 Å². The van der Waals surface area contributed by atoms with Crippen LogP contribution in [0, 0.1) is 22.7 Å². The number of ether oxygens (including phenoxy) is 2. The average Bonchev–Trinajstić information content (AvgIpc) is 3.26. The number of nitrogens with zero attached hydrogens (tertiary/aromatic N) is 5. The molecule has 1 saturated carbocycles. The maximum Gasteiger partial charge on any atom is 0.321 e. The van der Waals surface area contributed by atoms with E-state index in [0.29, 0.717) is 42.3 Å². The van der Waals surface area contributed by atoms with Crippen molar-refractivity contribution < 1.29 is 14.3 Å². The molecule has 2 fully saturated rings. The van der Waals surface area contributed by atoms with E-state index in [1.807, 2.05) is 21.9 Å². The first-order valence-corrected chi connectivity index (χ1v) is 14.2. The minimum Gasteiger partial charge on any atom is -0.496 e. The lowest BCUT2D eigenvalue weighted by molar-refractivity contribution is 0.0219. The van der Waals surface area contributed by atoms with Crippen molar-refractivity contribution in [3.8, 4) is 23.6 Å². The van der Waals surface area contributed by atoms with Gasteiger partial charge in [0.15, 0.2) is 0 Å². The van der Waals surface area contributed by atoms with Gasteiger partial charge in [-0.05, 0) is 81.7 Å². The molecule has 0 atom stereocenters. The molecule has 1 spiro atoms. The number of rotatable bonds is 8. The lowest BCUT2D eigenvalue weighted by Crippen LogP contribution is -2.55. The predicted molar refractivity (Wildman–Crippen MR) is 160 cm³/mol. The fourth-order valence-electron chi connectivity index (χ4n) is 6.86. The number of nitriles is 2. The zero-order valence-corrected chi connectivity index (χ0v) is 24.8. The van der Waals surface area contributed by atoms with Crippen LogP contribution in [-0.2, 0) is 18.6 Å². The molecule has 0 aromatic heterocycles. The van der Waals surface area contributed by atoms with Crippen LogP contribution in [-0.4, -0.2) is 61.1 Å². The van der Waals surface area contributed by atoms with Gasteiger partial charge < -0.3 is 19.3 Å². The molecule has 1 heterocycles. The highest BCUT2D eigenvalue weighted by Crippen LogP contribution is 2.50. The van der Waals surface area contributed by atoms with E-state index in [2.05, 4.69) is 55.4 Å². The number of urea groups is 1. The number of carbonyl (C=O) groups excluding carboxylic acids is 1. The van der Waals surface area contributed by atoms with Crippen molar-refractivity contribution in [2.75, 3.05) is 34.9 Å². The maximum absolute atomic E-state index is 14.3. The van der Waals surface area contributed by atoms with E-state index in [-0.39, 0.29) is 11.6 Å². The molecule has 0 N–H and O–H groups in total. The quantitative estimate of drug-likeness (QED) is 0.351. The summed E-state index contributed by atoms with van der Waals surface area (Å²) in [6, 6.07) is 25.6. The Kier molecular flexibility index (Phi) is 8.11. The van der Waals surface area contributed by atoms with E-state index in [0.717, 1.165) is 36.8 Å². The Balaban J connectivity index is 1.52. The van der Waals surface area contributed by atoms with Crippen molar-refractivity contribution in [1.82, 2.24) is 14.7 Å². The lowest BCUT2D eigenvalue weighted by Gasteiger charge is -2.51. The summed E-state index contributed by atoms with van der Waals surface area (Å²) in [4.78, 5) is 20.5. The van der Waals surface area contributed by atoms with Crippen LogP contribution in [0.25, 0.3) is 0 Å². The average molecular weight is 564 g/mol. The number of hydrogen-bond donors (Lipinski definition) is 0. The molecular weight excluding hydrogens is 526 g/mol. The van der Waals surface area contributed by atoms with Crippen LogP contribution in [0.4, 0.5) is 4.79 Å². The molecule has 0 bridgehead atoms. The molecule has 42 heavy (non-hydrogen) atoms. The van der Waals surface area contributed by atoms with Crippen LogP contribution >= 0.6 is 0 Å². The molecule has 1 aliphatic heterocycles. The molecule has 5 rings (SSSR count). The molecule has 1 saturated heterocycles. The lowest BCUT2D eigenvalue weighted by atomic mass is 9.68. The maximum atomic E-state index is 14.3. The predicted octanol–water partition coefficient (Wildman–Crippen LogP) is 5.65. The number of hydrogen-bond acceptors (Lipinski definition) is 6. The van der Waals surface area contributed by atoms with E-state index in [1.165, 1.54) is 5.56 Å². The molecule has 0 radical (unpaired) electrons. The second kappa shape index (κ2) is 11.8. The largest absolute Gasteiger partial charge is 0.496 e. The topological polar surface area (TPSA) is 92.8 Å². The highest BCUT2D eigenvalue weighted by Gasteiger charge is 2.54. The molecule has 3 aromatic rings. The van der Waals surface area contributed by atoms with E-state index < -0.39 is 5.54 Å². The number of amides is 2. The molecule has 0 unspecified atom stereocenters. The number of carbonyl (C=O) groups is 1. The van der Waals surface area contributed by atoms with Crippen molar-refractivity contribution in [2.24, 2.45) is 0 Å². The fourth-order valence-corrected chi connectivity index (χ4v) is 6.86. The van der Waals surface area contributed by atoms with Gasteiger partial charge in [-0.2, -0.15) is 10.5 Å². The Bertz CT molecular complexity index is 1530. The third-order valence-corrected chi connectivity index (χ3v) is 9.24. The first-order chi connectivity index (χ1) is 20.3. The SMILES string of the molecule is COc1ccc(C#N)cc1CN1CC2(CCC(c3ccccc3)(N(C)C)CC2)N(Cc2cc(C#N)ccc2OC)C1=O. The molecular formula is C34H37N5O3. The zero-order chi connectivity index (χ0) is 29.9. The monoisotopic (exact) mass is 563 g/mol. The summed E-state index contributed by atoms with van der Waals surface area (Å²) in [5, 5.41) is 19.1. The molecule has 2 amide bonds. The third kappa shape index (κ3) is 5.15. The summed E-state index contributed by atoms with van der Waals surface area (Å²) in [5.41, 5.74) is 3.42. The summed E-state index contributed by atoms with van der Waals surface area (Å²) in [6.07, 6.45) is 3.42. The van der Waals surface area contributed by atoms with Crippen molar-refractivity contribution >= 4 is 6.03 Å². The van der Waals surface area contributed by atoms with Gasteiger partial charge in [-0.3, -0.25) is 4.90 Å². The van der Waals surface area contributed by atoms with Gasteiger partial charge in [0.2, 0.25) is 0 Å². The Morgan fingerprint density at radius 2 is 1.36 bits per heavy atom. The highest BCUT2D eigenvalue weighted by atomic mass is 16.5. The van der Waals surface area contributed by atoms with Crippen LogP contribution in [0.5, 0.6) is 11.5 Å². The van der Waals surface area contributed by atoms with Gasteiger partial charge in [0.25, 0.3) is 0 Å². The highest BCUT2D eigenvalue weighted by molar-refractivity contribution is 5.78. The first-order valence-electron chi connectivity index (χ1n) is 14.2. The summed E-state index contributed by atoms with van der Waals surface area (Å²) in [5.74, 6) is 1.30. The number of methoxy groups -OCH3 is 2. The Morgan fingerprint density at radius 3 is 1.86 bits per heavy atom. The summed E-state index contributed by atoms with van der Waals surface area (Å²) in [7, 11) is 7.49. The van der Waals surface area contributed by atoms with Gasteiger partial charge in [-0.25, -0.2) is 4.79 Å². The van der Waals surface area contributed by atoms with Gasteiger partial charge in [0.05, 0.1) is 56.1 Å². The molecule has 216 valence electrons. The Morgan fingerprint density at radius 1 is 0.810 bits per heavy atom. The fraction of sp³-hybridized carbons (Fsp3) is 0.382. The third-order valence-electron chi connectivity index (χ3n) is 9.24. The van der Waals surface area contributed by atoms with Gasteiger partial charge in [-0.15, -0.1) is 0 Å². The normalized spacial score (nSPS) is 21.8. The van der Waals surface area contributed by atoms with Crippen molar-refractivity contribution in [1.29, 1.82) is 10.5 Å². The molecule has 8 heteroatoms. The van der Waals surface area contributed by atoms with Gasteiger partial charge in [0.1, 0.15) is 11.5 Å². The van der Waals surface area contributed by atoms with Gasteiger partial charge in [0, 0.05) is 23.2 Å². The molecule has 1 aliphatic carbocycles.